The lowest BCUT2D eigenvalue weighted by molar-refractivity contribution is -0.118. The van der Waals surface area contributed by atoms with Gasteiger partial charge in [0.25, 0.3) is 5.91 Å². The third-order valence-electron chi connectivity index (χ3n) is 4.46. The van der Waals surface area contributed by atoms with Gasteiger partial charge in [-0.1, -0.05) is 59.8 Å². The molecule has 0 aliphatic carbocycles. The van der Waals surface area contributed by atoms with Crippen molar-refractivity contribution in [1.29, 1.82) is 0 Å². The van der Waals surface area contributed by atoms with Crippen molar-refractivity contribution in [1.82, 2.24) is 15.0 Å². The summed E-state index contributed by atoms with van der Waals surface area (Å²) in [7, 11) is 0. The van der Waals surface area contributed by atoms with Gasteiger partial charge in [-0.25, -0.2) is 10.4 Å². The zero-order valence-corrected chi connectivity index (χ0v) is 18.6. The molecule has 2 aromatic heterocycles. The number of aromatic nitrogens is 2. The molecular formula is C22H19ClN4OS2. The maximum atomic E-state index is 12.3. The number of thiophene rings is 1. The first-order chi connectivity index (χ1) is 14.6. The second-order valence-electron chi connectivity index (χ2n) is 6.56. The second kappa shape index (κ2) is 9.47. The Labute approximate surface area is 187 Å². The van der Waals surface area contributed by atoms with Crippen molar-refractivity contribution >= 4 is 57.4 Å². The summed E-state index contributed by atoms with van der Waals surface area (Å²) in [5, 5.41) is 7.65. The van der Waals surface area contributed by atoms with Crippen LogP contribution in [0.5, 0.6) is 0 Å². The predicted octanol–water partition coefficient (Wildman–Crippen LogP) is 5.43. The normalized spacial score (nSPS) is 11.7. The van der Waals surface area contributed by atoms with Gasteiger partial charge in [-0.3, -0.25) is 4.79 Å². The Morgan fingerprint density at radius 3 is 2.77 bits per heavy atom. The molecule has 30 heavy (non-hydrogen) atoms. The lowest BCUT2D eigenvalue weighted by Gasteiger charge is -2.10. The van der Waals surface area contributed by atoms with Crippen molar-refractivity contribution in [2.24, 2.45) is 5.10 Å². The first kappa shape index (κ1) is 20.7. The molecule has 4 rings (SSSR count). The average molecular weight is 455 g/mol. The van der Waals surface area contributed by atoms with Crippen LogP contribution in [-0.4, -0.2) is 26.9 Å². The number of rotatable bonds is 7. The van der Waals surface area contributed by atoms with Crippen molar-refractivity contribution in [3.63, 3.8) is 0 Å². The quantitative estimate of drug-likeness (QED) is 0.230. The van der Waals surface area contributed by atoms with Crippen LogP contribution in [0.2, 0.25) is 5.02 Å². The largest absolute Gasteiger partial charge is 0.314 e. The van der Waals surface area contributed by atoms with Crippen molar-refractivity contribution < 1.29 is 4.79 Å². The number of amides is 1. The highest BCUT2D eigenvalue weighted by atomic mass is 35.5. The lowest BCUT2D eigenvalue weighted by atomic mass is 10.2. The number of benzene rings is 2. The molecule has 0 saturated carbocycles. The Kier molecular flexibility index (Phi) is 6.52. The van der Waals surface area contributed by atoms with Crippen molar-refractivity contribution in [3.05, 3.63) is 81.5 Å². The van der Waals surface area contributed by atoms with E-state index in [2.05, 4.69) is 15.1 Å². The van der Waals surface area contributed by atoms with Crippen molar-refractivity contribution in [2.45, 2.75) is 18.6 Å². The number of thioether (sulfide) groups is 1. The van der Waals surface area contributed by atoms with Crippen LogP contribution >= 0.6 is 34.7 Å². The molecule has 8 heteroatoms. The van der Waals surface area contributed by atoms with E-state index in [0.29, 0.717) is 11.6 Å². The number of nitrogens with zero attached hydrogens (tertiary/aromatic N) is 3. The van der Waals surface area contributed by atoms with E-state index in [1.807, 2.05) is 73.0 Å². The van der Waals surface area contributed by atoms with E-state index >= 15 is 0 Å². The minimum Gasteiger partial charge on any atom is -0.314 e. The molecule has 4 aromatic rings. The van der Waals surface area contributed by atoms with Crippen molar-refractivity contribution in [2.75, 3.05) is 5.75 Å². The molecule has 0 aliphatic heterocycles. The second-order valence-corrected chi connectivity index (χ2v) is 8.86. The summed E-state index contributed by atoms with van der Waals surface area (Å²) < 4.78 is 2.09. The number of nitrogens with one attached hydrogen (secondary N) is 1. The molecule has 5 nitrogen and oxygen atoms in total. The molecule has 1 amide bonds. The Hall–Kier alpha value is -2.61. The van der Waals surface area contributed by atoms with Gasteiger partial charge in [0.05, 0.1) is 29.0 Å². The third-order valence-corrected chi connectivity index (χ3v) is 6.79. The smallest absolute Gasteiger partial charge is 0.250 e. The zero-order valence-electron chi connectivity index (χ0n) is 16.2. The van der Waals surface area contributed by atoms with E-state index < -0.39 is 0 Å². The summed E-state index contributed by atoms with van der Waals surface area (Å²) >= 11 is 9.34. The average Bonchev–Trinajstić information content (AvgIpc) is 3.41. The molecule has 1 N–H and O–H groups in total. The molecule has 152 valence electrons. The third kappa shape index (κ3) is 4.75. The number of carbonyl (C=O) groups is 1. The lowest BCUT2D eigenvalue weighted by Crippen LogP contribution is -2.21. The summed E-state index contributed by atoms with van der Waals surface area (Å²) in [6, 6.07) is 19.6. The Balaban J connectivity index is 1.50. The van der Waals surface area contributed by atoms with Crippen LogP contribution in [0.3, 0.4) is 0 Å². The standard InChI is InChI=1S/C22H19ClN4OS2/c1-15(20-11-6-12-29-20)25-26-21(28)14-30-22-24-18-9-4-5-10-19(18)27(22)13-16-7-2-3-8-17(16)23/h2-12H,13-14H2,1H3,(H,26,28)/b25-15-. The van der Waals surface area contributed by atoms with Gasteiger partial charge >= 0.3 is 0 Å². The number of carbonyl (C=O) groups excluding carboxylic acids is 1. The van der Waals surface area contributed by atoms with Gasteiger partial charge in [0.1, 0.15) is 0 Å². The van der Waals surface area contributed by atoms with Crippen LogP contribution in [0, 0.1) is 0 Å². The van der Waals surface area contributed by atoms with Crippen LogP contribution in [0.15, 0.2) is 76.3 Å². The zero-order chi connectivity index (χ0) is 20.9. The van der Waals surface area contributed by atoms with Gasteiger partial charge in [-0.15, -0.1) is 11.3 Å². The highest BCUT2D eigenvalue weighted by Gasteiger charge is 2.14. The molecule has 0 atom stereocenters. The maximum absolute atomic E-state index is 12.3. The van der Waals surface area contributed by atoms with E-state index in [1.165, 1.54) is 11.8 Å². The van der Waals surface area contributed by atoms with E-state index in [9.17, 15) is 4.79 Å². The molecule has 0 unspecified atom stereocenters. The van der Waals surface area contributed by atoms with Crippen LogP contribution in [0.1, 0.15) is 17.4 Å². The molecule has 0 spiro atoms. The minimum atomic E-state index is -0.174. The van der Waals surface area contributed by atoms with E-state index in [1.54, 1.807) is 11.3 Å². The minimum absolute atomic E-state index is 0.174. The van der Waals surface area contributed by atoms with Gasteiger partial charge in [0, 0.05) is 9.90 Å². The number of hydrogen-bond donors (Lipinski definition) is 1. The molecule has 2 heterocycles. The van der Waals surface area contributed by atoms with Crippen LogP contribution in [0.4, 0.5) is 0 Å². The fourth-order valence-electron chi connectivity index (χ4n) is 2.96. The molecule has 0 saturated heterocycles. The van der Waals surface area contributed by atoms with Gasteiger partial charge < -0.3 is 4.57 Å². The summed E-state index contributed by atoms with van der Waals surface area (Å²) in [6.45, 7) is 2.46. The van der Waals surface area contributed by atoms with Gasteiger partial charge in [0.15, 0.2) is 5.16 Å². The summed E-state index contributed by atoms with van der Waals surface area (Å²) in [5.41, 5.74) is 6.31. The van der Waals surface area contributed by atoms with E-state index in [-0.39, 0.29) is 11.7 Å². The van der Waals surface area contributed by atoms with Crippen LogP contribution in [-0.2, 0) is 11.3 Å². The summed E-state index contributed by atoms with van der Waals surface area (Å²) in [4.78, 5) is 18.1. The first-order valence-corrected chi connectivity index (χ1v) is 11.5. The monoisotopic (exact) mass is 454 g/mol. The highest BCUT2D eigenvalue weighted by Crippen LogP contribution is 2.27. The number of hydrogen-bond acceptors (Lipinski definition) is 5. The van der Waals surface area contributed by atoms with Gasteiger partial charge in [-0.2, -0.15) is 5.10 Å². The molecule has 0 aliphatic rings. The number of fused-ring (bicyclic) bond motifs is 1. The Morgan fingerprint density at radius 2 is 1.97 bits per heavy atom. The van der Waals surface area contributed by atoms with Crippen LogP contribution < -0.4 is 5.43 Å². The number of halogens is 1. The Bertz CT molecular complexity index is 1200. The van der Waals surface area contributed by atoms with Gasteiger partial charge in [-0.05, 0) is 42.1 Å². The van der Waals surface area contributed by atoms with Crippen molar-refractivity contribution in [3.8, 4) is 0 Å². The van der Waals surface area contributed by atoms with Crippen LogP contribution in [0.25, 0.3) is 11.0 Å². The van der Waals surface area contributed by atoms with Gasteiger partial charge in [0.2, 0.25) is 0 Å². The number of para-hydroxylation sites is 2. The molecule has 2 aromatic carbocycles. The first-order valence-electron chi connectivity index (χ1n) is 9.30. The molecule has 0 radical (unpaired) electrons. The van der Waals surface area contributed by atoms with E-state index in [4.69, 9.17) is 16.6 Å². The fourth-order valence-corrected chi connectivity index (χ4v) is 4.64. The number of imidazole rings is 1. The predicted molar refractivity (Wildman–Crippen MR) is 126 cm³/mol. The highest BCUT2D eigenvalue weighted by molar-refractivity contribution is 7.99. The molecule has 0 fully saturated rings. The molecule has 0 bridgehead atoms. The summed E-state index contributed by atoms with van der Waals surface area (Å²) in [5.74, 6) is 0.0415. The summed E-state index contributed by atoms with van der Waals surface area (Å²) in [6.07, 6.45) is 0. The Morgan fingerprint density at radius 1 is 1.17 bits per heavy atom. The topological polar surface area (TPSA) is 59.3 Å². The molecular weight excluding hydrogens is 436 g/mol. The fraction of sp³-hybridized carbons (Fsp3) is 0.136. The SMILES string of the molecule is C/C(=N/NC(=O)CSc1nc2ccccc2n1Cc1ccccc1Cl)c1cccs1. The number of hydrazone groups is 1. The van der Waals surface area contributed by atoms with E-state index in [0.717, 1.165) is 32.3 Å². The maximum Gasteiger partial charge on any atom is 0.250 e.